The van der Waals surface area contributed by atoms with Gasteiger partial charge < -0.3 is 0 Å². The van der Waals surface area contributed by atoms with Crippen molar-refractivity contribution >= 4 is 39.2 Å². The van der Waals surface area contributed by atoms with Gasteiger partial charge in [-0.15, -0.1) is 11.8 Å². The number of thioether (sulfide) groups is 1. The Morgan fingerprint density at radius 2 is 2.21 bits per heavy atom. The Labute approximate surface area is 118 Å². The van der Waals surface area contributed by atoms with Crippen LogP contribution in [0.25, 0.3) is 0 Å². The van der Waals surface area contributed by atoms with Gasteiger partial charge in [0.05, 0.1) is 16.1 Å². The van der Waals surface area contributed by atoms with Crippen LogP contribution in [0.4, 0.5) is 10.2 Å². The van der Waals surface area contributed by atoms with Crippen LogP contribution in [-0.4, -0.2) is 24.9 Å². The number of nitrogens with one attached hydrogen (secondary N) is 2. The van der Waals surface area contributed by atoms with Gasteiger partial charge >= 0.3 is 0 Å². The second-order valence-corrected chi connectivity index (χ2v) is 6.40. The van der Waals surface area contributed by atoms with E-state index in [9.17, 15) is 12.8 Å². The zero-order valence-corrected chi connectivity index (χ0v) is 12.0. The summed E-state index contributed by atoms with van der Waals surface area (Å²) in [5.74, 6) is -0.465. The molecular weight excluding hydrogens is 313 g/mol. The fourth-order valence-electron chi connectivity index (χ4n) is 1.38. The van der Waals surface area contributed by atoms with E-state index in [0.29, 0.717) is 4.90 Å². The van der Waals surface area contributed by atoms with Crippen LogP contribution in [0.1, 0.15) is 0 Å². The third-order valence-corrected chi connectivity index (χ3v) is 4.82. The van der Waals surface area contributed by atoms with Crippen molar-refractivity contribution in [1.82, 2.24) is 10.2 Å². The van der Waals surface area contributed by atoms with Gasteiger partial charge in [-0.3, -0.25) is 9.82 Å². The number of rotatable bonds is 4. The number of nitrogens with zero attached hydrogens (tertiary/aromatic N) is 1. The number of benzene rings is 1. The van der Waals surface area contributed by atoms with E-state index in [1.807, 2.05) is 0 Å². The number of H-pyrrole nitrogens is 1. The first kappa shape index (κ1) is 14.2. The molecule has 0 spiro atoms. The predicted molar refractivity (Wildman–Crippen MR) is 72.6 cm³/mol. The lowest BCUT2D eigenvalue weighted by Crippen LogP contribution is -2.14. The molecule has 1 aromatic heterocycles. The molecule has 0 aliphatic carbocycles. The van der Waals surface area contributed by atoms with Crippen molar-refractivity contribution in [2.24, 2.45) is 0 Å². The van der Waals surface area contributed by atoms with Crippen molar-refractivity contribution in [1.29, 1.82) is 0 Å². The lowest BCUT2D eigenvalue weighted by atomic mass is 10.3. The zero-order valence-electron chi connectivity index (χ0n) is 9.65. The molecule has 0 aliphatic heterocycles. The van der Waals surface area contributed by atoms with Gasteiger partial charge in [0.2, 0.25) is 0 Å². The quantitative estimate of drug-likeness (QED) is 0.849. The van der Waals surface area contributed by atoms with Gasteiger partial charge in [-0.2, -0.15) is 5.10 Å². The van der Waals surface area contributed by atoms with E-state index < -0.39 is 15.8 Å². The Morgan fingerprint density at radius 1 is 1.47 bits per heavy atom. The van der Waals surface area contributed by atoms with Crippen LogP contribution in [0.15, 0.2) is 34.2 Å². The summed E-state index contributed by atoms with van der Waals surface area (Å²) in [5, 5.41) is 6.19. The van der Waals surface area contributed by atoms with Gasteiger partial charge in [0.15, 0.2) is 0 Å². The summed E-state index contributed by atoms with van der Waals surface area (Å²) in [5.41, 5.74) is 0. The fourth-order valence-corrected chi connectivity index (χ4v) is 3.45. The summed E-state index contributed by atoms with van der Waals surface area (Å²) >= 11 is 7.10. The molecule has 102 valence electrons. The molecule has 0 saturated carbocycles. The fraction of sp³-hybridized carbons (Fsp3) is 0.100. The molecule has 0 saturated heterocycles. The van der Waals surface area contributed by atoms with Gasteiger partial charge in [0, 0.05) is 0 Å². The average molecular weight is 322 g/mol. The van der Waals surface area contributed by atoms with Crippen LogP contribution < -0.4 is 4.72 Å². The van der Waals surface area contributed by atoms with Crippen LogP contribution in [0.3, 0.4) is 0 Å². The summed E-state index contributed by atoms with van der Waals surface area (Å²) in [6.07, 6.45) is 3.26. The van der Waals surface area contributed by atoms with Crippen LogP contribution in [0.5, 0.6) is 0 Å². The zero-order chi connectivity index (χ0) is 14.0. The Hall–Kier alpha value is -1.25. The van der Waals surface area contributed by atoms with Gasteiger partial charge in [-0.1, -0.05) is 11.6 Å². The smallest absolute Gasteiger partial charge is 0.263 e. The monoisotopic (exact) mass is 321 g/mol. The van der Waals surface area contributed by atoms with Crippen LogP contribution in [0.2, 0.25) is 5.02 Å². The average Bonchev–Trinajstić information content (AvgIpc) is 2.78. The first-order valence-electron chi connectivity index (χ1n) is 4.99. The van der Waals surface area contributed by atoms with Gasteiger partial charge in [-0.25, -0.2) is 12.8 Å². The van der Waals surface area contributed by atoms with Crippen LogP contribution >= 0.6 is 23.4 Å². The van der Waals surface area contributed by atoms with Crippen LogP contribution in [0, 0.1) is 5.82 Å². The van der Waals surface area contributed by atoms with E-state index in [-0.39, 0.29) is 15.7 Å². The summed E-state index contributed by atoms with van der Waals surface area (Å²) in [6.45, 7) is 0. The number of anilines is 1. The minimum Gasteiger partial charge on any atom is -0.263 e. The normalized spacial score (nSPS) is 11.5. The Morgan fingerprint density at radius 3 is 2.89 bits per heavy atom. The van der Waals surface area contributed by atoms with E-state index in [2.05, 4.69) is 14.9 Å². The molecule has 0 unspecified atom stereocenters. The van der Waals surface area contributed by atoms with Crippen molar-refractivity contribution in [2.45, 2.75) is 9.79 Å². The summed E-state index contributed by atoms with van der Waals surface area (Å²) in [7, 11) is -3.98. The van der Waals surface area contributed by atoms with Crippen molar-refractivity contribution in [2.75, 3.05) is 11.0 Å². The van der Waals surface area contributed by atoms with Gasteiger partial charge in [0.25, 0.3) is 10.0 Å². The number of halogens is 2. The number of aromatic amines is 1. The van der Waals surface area contributed by atoms with Crippen molar-refractivity contribution in [3.8, 4) is 0 Å². The molecule has 9 heteroatoms. The molecule has 2 rings (SSSR count). The molecule has 0 fully saturated rings. The highest BCUT2D eigenvalue weighted by Crippen LogP contribution is 2.27. The standard InChI is InChI=1S/C10H9ClFN3O2S2/c1-18-8-5-13-14-10(8)15-19(16,17)9-4-6(12)2-3-7(9)11/h2-5H,1H3,(H2,13,14,15). The second kappa shape index (κ2) is 5.40. The van der Waals surface area contributed by atoms with Gasteiger partial charge in [-0.05, 0) is 24.5 Å². The highest BCUT2D eigenvalue weighted by molar-refractivity contribution is 7.99. The highest BCUT2D eigenvalue weighted by atomic mass is 35.5. The molecule has 2 N–H and O–H groups in total. The Kier molecular flexibility index (Phi) is 4.02. The SMILES string of the molecule is CSc1cn[nH]c1NS(=O)(=O)c1cc(F)ccc1Cl. The number of aromatic nitrogens is 2. The molecule has 2 aromatic rings. The summed E-state index contributed by atoms with van der Waals surface area (Å²) in [6, 6.07) is 3.14. The molecule has 0 atom stereocenters. The molecule has 0 radical (unpaired) electrons. The maximum atomic E-state index is 13.1. The maximum absolute atomic E-state index is 13.1. The van der Waals surface area contributed by atoms with E-state index >= 15 is 0 Å². The summed E-state index contributed by atoms with van der Waals surface area (Å²) < 4.78 is 39.7. The molecule has 19 heavy (non-hydrogen) atoms. The second-order valence-electron chi connectivity index (χ2n) is 3.49. The minimum absolute atomic E-state index is 0.0564. The lowest BCUT2D eigenvalue weighted by molar-refractivity contribution is 0.595. The molecule has 5 nitrogen and oxygen atoms in total. The molecule has 0 amide bonds. The van der Waals surface area contributed by atoms with Crippen molar-refractivity contribution in [3.05, 3.63) is 35.2 Å². The third kappa shape index (κ3) is 3.02. The van der Waals surface area contributed by atoms with Crippen molar-refractivity contribution in [3.63, 3.8) is 0 Å². The van der Waals surface area contributed by atoms with Crippen LogP contribution in [-0.2, 0) is 10.0 Å². The number of hydrogen-bond donors (Lipinski definition) is 2. The predicted octanol–water partition coefficient (Wildman–Crippen LogP) is 2.72. The summed E-state index contributed by atoms with van der Waals surface area (Å²) in [4.78, 5) is 0.298. The first-order chi connectivity index (χ1) is 8.94. The number of sulfonamides is 1. The Bertz CT molecular complexity index is 703. The number of hydrogen-bond acceptors (Lipinski definition) is 4. The maximum Gasteiger partial charge on any atom is 0.264 e. The Balaban J connectivity index is 2.41. The van der Waals surface area contributed by atoms with E-state index in [4.69, 9.17) is 11.6 Å². The highest BCUT2D eigenvalue weighted by Gasteiger charge is 2.21. The topological polar surface area (TPSA) is 74.8 Å². The van der Waals surface area contributed by atoms with E-state index in [1.54, 1.807) is 6.26 Å². The first-order valence-corrected chi connectivity index (χ1v) is 8.08. The third-order valence-electron chi connectivity index (χ3n) is 2.24. The minimum atomic E-state index is -3.98. The van der Waals surface area contributed by atoms with E-state index in [1.165, 1.54) is 24.0 Å². The van der Waals surface area contributed by atoms with E-state index in [0.717, 1.165) is 12.1 Å². The molecule has 0 aliphatic rings. The van der Waals surface area contributed by atoms with Gasteiger partial charge in [0.1, 0.15) is 16.5 Å². The van der Waals surface area contributed by atoms with Crippen molar-refractivity contribution < 1.29 is 12.8 Å². The molecule has 1 heterocycles. The lowest BCUT2D eigenvalue weighted by Gasteiger charge is -2.08. The molecule has 0 bridgehead atoms. The molecular formula is C10H9ClFN3O2S2. The molecule has 1 aromatic carbocycles. The largest absolute Gasteiger partial charge is 0.264 e.